The summed E-state index contributed by atoms with van der Waals surface area (Å²) < 4.78 is 0. The van der Waals surface area contributed by atoms with Gasteiger partial charge in [0.25, 0.3) is 0 Å². The Morgan fingerprint density at radius 2 is 2.15 bits per heavy atom. The van der Waals surface area contributed by atoms with Crippen LogP contribution in [0.5, 0.6) is 0 Å². The number of anilines is 1. The first kappa shape index (κ1) is 16.9. The summed E-state index contributed by atoms with van der Waals surface area (Å²) in [6, 6.07) is 12.9. The third kappa shape index (κ3) is 3.40. The Hall–Kier alpha value is -2.51. The number of thioether (sulfide) groups is 1. The second-order valence-electron chi connectivity index (χ2n) is 5.91. The molecule has 8 heteroatoms. The molecule has 1 fully saturated rings. The number of carbonyl (C=O) groups is 2. The molecule has 2 heterocycles. The number of nitrogens with zero attached hydrogens (tertiary/aromatic N) is 2. The molecule has 1 aliphatic heterocycles. The molecule has 0 saturated carbocycles. The lowest BCUT2D eigenvalue weighted by Gasteiger charge is -2.14. The average Bonchev–Trinajstić information content (AvgIpc) is 3.21. The highest BCUT2D eigenvalue weighted by Gasteiger charge is 2.22. The molecule has 0 unspecified atom stereocenters. The summed E-state index contributed by atoms with van der Waals surface area (Å²) in [7, 11) is 0. The molecule has 0 aliphatic carbocycles. The van der Waals surface area contributed by atoms with Gasteiger partial charge < -0.3 is 15.2 Å². The molecule has 2 aromatic carbocycles. The number of nitrogens with one attached hydrogen (secondary N) is 2. The van der Waals surface area contributed by atoms with Gasteiger partial charge in [0.1, 0.15) is 12.4 Å². The van der Waals surface area contributed by atoms with Crippen LogP contribution in [-0.2, 0) is 9.59 Å². The Morgan fingerprint density at radius 1 is 1.31 bits per heavy atom. The highest BCUT2D eigenvalue weighted by Crippen LogP contribution is 2.28. The third-order valence-electron chi connectivity index (χ3n) is 4.05. The molecule has 0 spiro atoms. The molecule has 6 nitrogen and oxygen atoms in total. The lowest BCUT2D eigenvalue weighted by Crippen LogP contribution is -2.34. The number of benzene rings is 2. The summed E-state index contributed by atoms with van der Waals surface area (Å²) in [5.74, 6) is 1.46. The minimum absolute atomic E-state index is 0.00134. The number of imidazole rings is 1. The van der Waals surface area contributed by atoms with Gasteiger partial charge in [0.05, 0.1) is 27.7 Å². The van der Waals surface area contributed by atoms with E-state index in [1.807, 2.05) is 36.4 Å². The molecule has 4 rings (SSSR count). The van der Waals surface area contributed by atoms with E-state index >= 15 is 0 Å². The first-order valence-corrected chi connectivity index (χ1v) is 9.53. The number of aromatic amines is 1. The molecule has 2 N–H and O–H groups in total. The third-order valence-corrected chi connectivity index (χ3v) is 5.33. The molecule has 26 heavy (non-hydrogen) atoms. The van der Waals surface area contributed by atoms with Gasteiger partial charge in [0.2, 0.25) is 11.8 Å². The number of carbonyl (C=O) groups excluding carboxylic acids is 2. The van der Waals surface area contributed by atoms with Crippen LogP contribution in [0.4, 0.5) is 5.69 Å². The largest absolute Gasteiger partial charge is 0.338 e. The Balaban J connectivity index is 1.53. The highest BCUT2D eigenvalue weighted by atomic mass is 35.5. The molecule has 2 amide bonds. The standard InChI is InChI=1S/C18H15ClN4O2S/c19-13-4-2-1-3-12(13)18-21-14-6-5-11(7-15(14)22-18)20-16(24)8-23-10-26-9-17(23)25/h1-7H,8-10H2,(H,20,24)(H,21,22). The smallest absolute Gasteiger partial charge is 0.244 e. The summed E-state index contributed by atoms with van der Waals surface area (Å²) >= 11 is 7.74. The SMILES string of the molecule is O=C(CN1CSCC1=O)Nc1ccc2nc(-c3ccccc3Cl)[nH]c2c1. The average molecular weight is 387 g/mol. The van der Waals surface area contributed by atoms with Crippen LogP contribution >= 0.6 is 23.4 Å². The van der Waals surface area contributed by atoms with Gasteiger partial charge in [0.15, 0.2) is 0 Å². The second-order valence-corrected chi connectivity index (χ2v) is 7.28. The first-order valence-electron chi connectivity index (χ1n) is 8.00. The zero-order valence-corrected chi connectivity index (χ0v) is 15.2. The lowest BCUT2D eigenvalue weighted by atomic mass is 10.2. The summed E-state index contributed by atoms with van der Waals surface area (Å²) in [4.78, 5) is 33.1. The molecular weight excluding hydrogens is 372 g/mol. The van der Waals surface area contributed by atoms with Crippen LogP contribution < -0.4 is 5.32 Å². The highest BCUT2D eigenvalue weighted by molar-refractivity contribution is 8.00. The van der Waals surface area contributed by atoms with E-state index in [-0.39, 0.29) is 18.4 Å². The normalized spacial score (nSPS) is 14.2. The Bertz CT molecular complexity index is 1000. The Morgan fingerprint density at radius 3 is 2.92 bits per heavy atom. The quantitative estimate of drug-likeness (QED) is 0.720. The van der Waals surface area contributed by atoms with E-state index in [1.54, 1.807) is 11.0 Å². The number of hydrogen-bond donors (Lipinski definition) is 2. The van der Waals surface area contributed by atoms with Crippen molar-refractivity contribution >= 4 is 51.9 Å². The molecule has 132 valence electrons. The van der Waals surface area contributed by atoms with Crippen molar-refractivity contribution < 1.29 is 9.59 Å². The van der Waals surface area contributed by atoms with Crippen LogP contribution in [0, 0.1) is 0 Å². The van der Waals surface area contributed by atoms with E-state index in [0.29, 0.717) is 28.2 Å². The van der Waals surface area contributed by atoms with Crippen molar-refractivity contribution in [3.8, 4) is 11.4 Å². The van der Waals surface area contributed by atoms with E-state index in [4.69, 9.17) is 11.6 Å². The van der Waals surface area contributed by atoms with Gasteiger partial charge in [-0.15, -0.1) is 11.8 Å². The van der Waals surface area contributed by atoms with Gasteiger partial charge in [-0.3, -0.25) is 9.59 Å². The number of aromatic nitrogens is 2. The minimum atomic E-state index is -0.217. The van der Waals surface area contributed by atoms with Crippen LogP contribution in [0.3, 0.4) is 0 Å². The van der Waals surface area contributed by atoms with Gasteiger partial charge in [-0.1, -0.05) is 23.7 Å². The Labute approximate surface area is 158 Å². The van der Waals surface area contributed by atoms with E-state index < -0.39 is 0 Å². The van der Waals surface area contributed by atoms with Crippen LogP contribution in [0.1, 0.15) is 0 Å². The Kier molecular flexibility index (Phi) is 4.57. The number of H-pyrrole nitrogens is 1. The lowest BCUT2D eigenvalue weighted by molar-refractivity contribution is -0.130. The zero-order valence-electron chi connectivity index (χ0n) is 13.7. The fourth-order valence-electron chi connectivity index (χ4n) is 2.78. The van der Waals surface area contributed by atoms with E-state index in [9.17, 15) is 9.59 Å². The number of fused-ring (bicyclic) bond motifs is 1. The monoisotopic (exact) mass is 386 g/mol. The predicted molar refractivity (Wildman–Crippen MR) is 104 cm³/mol. The van der Waals surface area contributed by atoms with Crippen molar-refractivity contribution in [1.29, 1.82) is 0 Å². The molecule has 3 aromatic rings. The van der Waals surface area contributed by atoms with Crippen LogP contribution in [0.25, 0.3) is 22.4 Å². The van der Waals surface area contributed by atoms with Crippen LogP contribution in [0.15, 0.2) is 42.5 Å². The van der Waals surface area contributed by atoms with Gasteiger partial charge >= 0.3 is 0 Å². The second kappa shape index (κ2) is 7.01. The maximum absolute atomic E-state index is 12.2. The number of amides is 2. The fraction of sp³-hybridized carbons (Fsp3) is 0.167. The molecular formula is C18H15ClN4O2S. The fourth-order valence-corrected chi connectivity index (χ4v) is 3.91. The van der Waals surface area contributed by atoms with E-state index in [1.165, 1.54) is 11.8 Å². The van der Waals surface area contributed by atoms with Gasteiger partial charge in [-0.05, 0) is 30.3 Å². The summed E-state index contributed by atoms with van der Waals surface area (Å²) in [5.41, 5.74) is 3.05. The first-order chi connectivity index (χ1) is 12.6. The molecule has 0 radical (unpaired) electrons. The van der Waals surface area contributed by atoms with Crippen molar-refractivity contribution in [2.75, 3.05) is 23.5 Å². The van der Waals surface area contributed by atoms with Gasteiger partial charge in [-0.2, -0.15) is 0 Å². The van der Waals surface area contributed by atoms with Crippen molar-refractivity contribution in [1.82, 2.24) is 14.9 Å². The number of halogens is 1. The summed E-state index contributed by atoms with van der Waals surface area (Å²) in [6.45, 7) is 0.0672. The minimum Gasteiger partial charge on any atom is -0.338 e. The number of rotatable bonds is 4. The van der Waals surface area contributed by atoms with E-state index in [2.05, 4.69) is 15.3 Å². The maximum Gasteiger partial charge on any atom is 0.244 e. The molecule has 0 bridgehead atoms. The number of hydrogen-bond acceptors (Lipinski definition) is 4. The van der Waals surface area contributed by atoms with Crippen molar-refractivity contribution in [2.45, 2.75) is 0 Å². The van der Waals surface area contributed by atoms with Crippen molar-refractivity contribution in [3.63, 3.8) is 0 Å². The summed E-state index contributed by atoms with van der Waals surface area (Å²) in [5, 5.41) is 3.44. The van der Waals surface area contributed by atoms with Crippen LogP contribution in [-0.4, -0.2) is 44.9 Å². The zero-order chi connectivity index (χ0) is 18.1. The maximum atomic E-state index is 12.2. The van der Waals surface area contributed by atoms with Crippen molar-refractivity contribution in [3.05, 3.63) is 47.5 Å². The molecule has 1 aliphatic rings. The summed E-state index contributed by atoms with van der Waals surface area (Å²) in [6.07, 6.45) is 0. The van der Waals surface area contributed by atoms with Crippen LogP contribution in [0.2, 0.25) is 5.02 Å². The van der Waals surface area contributed by atoms with Crippen molar-refractivity contribution in [2.24, 2.45) is 0 Å². The van der Waals surface area contributed by atoms with Gasteiger partial charge in [-0.25, -0.2) is 4.98 Å². The predicted octanol–water partition coefficient (Wildman–Crippen LogP) is 3.35. The molecule has 1 aromatic heterocycles. The van der Waals surface area contributed by atoms with Gasteiger partial charge in [0, 0.05) is 11.3 Å². The van der Waals surface area contributed by atoms with E-state index in [0.717, 1.165) is 16.6 Å². The molecule has 1 saturated heterocycles. The topological polar surface area (TPSA) is 78.1 Å². The molecule has 0 atom stereocenters.